The summed E-state index contributed by atoms with van der Waals surface area (Å²) >= 11 is 0. The van der Waals surface area contributed by atoms with Crippen molar-refractivity contribution < 1.29 is 9.84 Å². The molecule has 0 radical (unpaired) electrons. The predicted octanol–water partition coefficient (Wildman–Crippen LogP) is 2.74. The molecule has 1 aliphatic rings. The van der Waals surface area contributed by atoms with Crippen LogP contribution in [0.15, 0.2) is 0 Å². The van der Waals surface area contributed by atoms with Crippen LogP contribution in [0.3, 0.4) is 0 Å². The Hall–Kier alpha value is -0.0800. The highest BCUT2D eigenvalue weighted by atomic mass is 16.5. The van der Waals surface area contributed by atoms with Gasteiger partial charge in [-0.3, -0.25) is 0 Å². The molecule has 0 saturated carbocycles. The van der Waals surface area contributed by atoms with Crippen molar-refractivity contribution in [1.29, 1.82) is 0 Å². The Labute approximate surface area is 87.7 Å². The Morgan fingerprint density at radius 2 is 1.71 bits per heavy atom. The fourth-order valence-electron chi connectivity index (χ4n) is 2.79. The van der Waals surface area contributed by atoms with Gasteiger partial charge in [-0.05, 0) is 39.0 Å². The van der Waals surface area contributed by atoms with Crippen LogP contribution in [-0.4, -0.2) is 22.4 Å². The Balaban J connectivity index is 3.05. The molecular formula is C12H24O2. The van der Waals surface area contributed by atoms with E-state index in [1.165, 1.54) is 0 Å². The molecule has 84 valence electrons. The molecule has 1 fully saturated rings. The summed E-state index contributed by atoms with van der Waals surface area (Å²) in [6.07, 6.45) is 2.25. The Bertz CT molecular complexity index is 193. The van der Waals surface area contributed by atoms with E-state index in [-0.39, 0.29) is 11.5 Å². The molecule has 0 spiro atoms. The number of aliphatic hydroxyl groups is 1. The van der Waals surface area contributed by atoms with Gasteiger partial charge in [-0.1, -0.05) is 20.8 Å². The van der Waals surface area contributed by atoms with Crippen molar-refractivity contribution in [3.63, 3.8) is 0 Å². The van der Waals surface area contributed by atoms with Crippen LogP contribution in [0.5, 0.6) is 0 Å². The van der Waals surface area contributed by atoms with Gasteiger partial charge < -0.3 is 9.84 Å². The highest BCUT2D eigenvalue weighted by Gasteiger charge is 2.56. The summed E-state index contributed by atoms with van der Waals surface area (Å²) in [7, 11) is 0. The van der Waals surface area contributed by atoms with E-state index in [4.69, 9.17) is 4.74 Å². The third kappa shape index (κ3) is 1.70. The van der Waals surface area contributed by atoms with Gasteiger partial charge in [0, 0.05) is 0 Å². The van der Waals surface area contributed by atoms with E-state index in [1.807, 2.05) is 13.8 Å². The summed E-state index contributed by atoms with van der Waals surface area (Å²) < 4.78 is 6.03. The van der Waals surface area contributed by atoms with Crippen LogP contribution in [0.25, 0.3) is 0 Å². The van der Waals surface area contributed by atoms with Crippen molar-refractivity contribution in [2.75, 3.05) is 0 Å². The summed E-state index contributed by atoms with van der Waals surface area (Å²) in [4.78, 5) is 0. The van der Waals surface area contributed by atoms with Crippen LogP contribution >= 0.6 is 0 Å². The molecule has 0 aliphatic carbocycles. The average molecular weight is 200 g/mol. The summed E-state index contributed by atoms with van der Waals surface area (Å²) in [5, 5.41) is 10.3. The second kappa shape index (κ2) is 3.21. The summed E-state index contributed by atoms with van der Waals surface area (Å²) in [6.45, 7) is 12.2. The van der Waals surface area contributed by atoms with Crippen molar-refractivity contribution in [1.82, 2.24) is 0 Å². The van der Waals surface area contributed by atoms with Crippen molar-refractivity contribution in [2.45, 2.75) is 71.7 Å². The number of rotatable bonds is 1. The molecule has 2 nitrogen and oxygen atoms in total. The molecule has 0 aromatic carbocycles. The first-order valence-electron chi connectivity index (χ1n) is 5.50. The first kappa shape index (κ1) is 12.0. The summed E-state index contributed by atoms with van der Waals surface area (Å²) in [5.74, 6) is 0. The van der Waals surface area contributed by atoms with Gasteiger partial charge in [-0.25, -0.2) is 0 Å². The van der Waals surface area contributed by atoms with Crippen molar-refractivity contribution in [3.8, 4) is 0 Å². The zero-order valence-corrected chi connectivity index (χ0v) is 10.3. The molecule has 1 N–H and O–H groups in total. The first-order valence-corrected chi connectivity index (χ1v) is 5.50. The zero-order valence-electron chi connectivity index (χ0n) is 10.3. The first-order chi connectivity index (χ1) is 6.10. The maximum absolute atomic E-state index is 10.3. The third-order valence-corrected chi connectivity index (χ3v) is 3.51. The lowest BCUT2D eigenvalue weighted by Gasteiger charge is -2.49. The molecule has 0 unspecified atom stereocenters. The van der Waals surface area contributed by atoms with Gasteiger partial charge in [0.25, 0.3) is 0 Å². The second-order valence-corrected chi connectivity index (χ2v) is 6.10. The van der Waals surface area contributed by atoms with Gasteiger partial charge in [0.2, 0.25) is 0 Å². The van der Waals surface area contributed by atoms with Gasteiger partial charge >= 0.3 is 0 Å². The molecule has 1 saturated heterocycles. The Kier molecular flexibility index (Phi) is 2.75. The minimum absolute atomic E-state index is 0.0317. The molecule has 14 heavy (non-hydrogen) atoms. The lowest BCUT2D eigenvalue weighted by atomic mass is 9.66. The zero-order chi connectivity index (χ0) is 11.2. The standard InChI is InChI=1S/C12H24O2/c1-9-7-8-12(14-9,10(2,3)4)11(5,6)13/h9,13H,7-8H2,1-6H3/t9-,12-/m1/s1. The van der Waals surface area contributed by atoms with Gasteiger partial charge in [-0.15, -0.1) is 0 Å². The lowest BCUT2D eigenvalue weighted by Crippen LogP contribution is -2.58. The molecule has 2 heteroatoms. The molecule has 1 rings (SSSR count). The number of hydrogen-bond donors (Lipinski definition) is 1. The fourth-order valence-corrected chi connectivity index (χ4v) is 2.79. The maximum atomic E-state index is 10.3. The van der Waals surface area contributed by atoms with E-state index in [2.05, 4.69) is 27.7 Å². The van der Waals surface area contributed by atoms with Gasteiger partial charge in [0.15, 0.2) is 0 Å². The second-order valence-electron chi connectivity index (χ2n) is 6.10. The minimum Gasteiger partial charge on any atom is -0.387 e. The van der Waals surface area contributed by atoms with Crippen molar-refractivity contribution >= 4 is 0 Å². The van der Waals surface area contributed by atoms with Gasteiger partial charge in [0.05, 0.1) is 11.7 Å². The smallest absolute Gasteiger partial charge is 0.101 e. The third-order valence-electron chi connectivity index (χ3n) is 3.51. The minimum atomic E-state index is -0.782. The van der Waals surface area contributed by atoms with E-state index in [1.54, 1.807) is 0 Å². The molecule has 1 aliphatic heterocycles. The SMILES string of the molecule is C[C@@H]1CC[C@@](C(C)(C)C)(C(C)(C)O)O1. The van der Waals surface area contributed by atoms with Gasteiger partial charge in [0.1, 0.15) is 5.60 Å². The van der Waals surface area contributed by atoms with Crippen LogP contribution in [0.4, 0.5) is 0 Å². The van der Waals surface area contributed by atoms with Crippen molar-refractivity contribution in [3.05, 3.63) is 0 Å². The lowest BCUT2D eigenvalue weighted by molar-refractivity contribution is -0.207. The molecule has 0 amide bonds. The van der Waals surface area contributed by atoms with Crippen LogP contribution in [0.1, 0.15) is 54.4 Å². The van der Waals surface area contributed by atoms with E-state index in [0.29, 0.717) is 0 Å². The van der Waals surface area contributed by atoms with Crippen LogP contribution in [0.2, 0.25) is 0 Å². The van der Waals surface area contributed by atoms with E-state index >= 15 is 0 Å². The summed E-state index contributed by atoms with van der Waals surface area (Å²) in [5.41, 5.74) is -1.22. The van der Waals surface area contributed by atoms with Gasteiger partial charge in [-0.2, -0.15) is 0 Å². The number of hydrogen-bond acceptors (Lipinski definition) is 2. The van der Waals surface area contributed by atoms with E-state index in [9.17, 15) is 5.11 Å². The van der Waals surface area contributed by atoms with Crippen molar-refractivity contribution in [2.24, 2.45) is 5.41 Å². The van der Waals surface area contributed by atoms with Crippen LogP contribution in [-0.2, 0) is 4.74 Å². The topological polar surface area (TPSA) is 29.5 Å². The Morgan fingerprint density at radius 1 is 1.21 bits per heavy atom. The molecule has 0 bridgehead atoms. The van der Waals surface area contributed by atoms with Crippen LogP contribution < -0.4 is 0 Å². The average Bonchev–Trinajstić information content (AvgIpc) is 2.28. The predicted molar refractivity (Wildman–Crippen MR) is 58.3 cm³/mol. The van der Waals surface area contributed by atoms with Crippen LogP contribution in [0, 0.1) is 5.41 Å². The quantitative estimate of drug-likeness (QED) is 0.705. The molecule has 2 atom stereocenters. The molecular weight excluding hydrogens is 176 g/mol. The fraction of sp³-hybridized carbons (Fsp3) is 1.00. The monoisotopic (exact) mass is 200 g/mol. The maximum Gasteiger partial charge on any atom is 0.101 e. The largest absolute Gasteiger partial charge is 0.387 e. The molecule has 0 aromatic rings. The Morgan fingerprint density at radius 3 is 1.86 bits per heavy atom. The van der Waals surface area contributed by atoms with E-state index in [0.717, 1.165) is 12.8 Å². The highest BCUT2D eigenvalue weighted by molar-refractivity contribution is 5.06. The number of ether oxygens (including phenoxy) is 1. The highest BCUT2D eigenvalue weighted by Crippen LogP contribution is 2.50. The van der Waals surface area contributed by atoms with E-state index < -0.39 is 11.2 Å². The molecule has 1 heterocycles. The normalized spacial score (nSPS) is 34.9. The summed E-state index contributed by atoms with van der Waals surface area (Å²) in [6, 6.07) is 0. The molecule has 0 aromatic heterocycles.